The van der Waals surface area contributed by atoms with Crippen LogP contribution in [0.3, 0.4) is 0 Å². The molecule has 88 valence electrons. The van der Waals surface area contributed by atoms with E-state index in [0.717, 1.165) is 18.5 Å². The molecule has 1 aliphatic heterocycles. The molecule has 1 saturated heterocycles. The Labute approximate surface area is 105 Å². The van der Waals surface area contributed by atoms with E-state index in [1.165, 1.54) is 11.3 Å². The summed E-state index contributed by atoms with van der Waals surface area (Å²) < 4.78 is 5.73. The van der Waals surface area contributed by atoms with Crippen molar-refractivity contribution in [3.05, 3.63) is 24.0 Å². The second kappa shape index (κ2) is 5.15. The van der Waals surface area contributed by atoms with Gasteiger partial charge in [0.2, 0.25) is 0 Å². The van der Waals surface area contributed by atoms with Crippen LogP contribution in [0.4, 0.5) is 5.69 Å². The van der Waals surface area contributed by atoms with Crippen molar-refractivity contribution in [1.82, 2.24) is 4.98 Å². The minimum atomic E-state index is 0.281. The Morgan fingerprint density at radius 3 is 3.12 bits per heavy atom. The van der Waals surface area contributed by atoms with E-state index in [2.05, 4.69) is 45.7 Å². The average Bonchev–Trinajstić information content (AvgIpc) is 2.31. The SMILES string of the molecule is Cc1cnccc1N1CC(CBr)OCC1C. The third-order valence-corrected chi connectivity index (χ3v) is 3.70. The fourth-order valence-electron chi connectivity index (χ4n) is 2.03. The van der Waals surface area contributed by atoms with E-state index >= 15 is 0 Å². The molecule has 2 rings (SSSR count). The molecule has 1 fully saturated rings. The molecule has 0 amide bonds. The van der Waals surface area contributed by atoms with Gasteiger partial charge in [0.15, 0.2) is 0 Å². The summed E-state index contributed by atoms with van der Waals surface area (Å²) >= 11 is 3.49. The van der Waals surface area contributed by atoms with Crippen molar-refractivity contribution in [3.63, 3.8) is 0 Å². The lowest BCUT2D eigenvalue weighted by molar-refractivity contribution is 0.0379. The van der Waals surface area contributed by atoms with Gasteiger partial charge in [-0.15, -0.1) is 0 Å². The number of nitrogens with zero attached hydrogens (tertiary/aromatic N) is 2. The number of hydrogen-bond acceptors (Lipinski definition) is 3. The van der Waals surface area contributed by atoms with Crippen LogP contribution < -0.4 is 4.90 Å². The van der Waals surface area contributed by atoms with Gasteiger partial charge in [-0.1, -0.05) is 15.9 Å². The number of pyridine rings is 1. The number of halogens is 1. The second-order valence-corrected chi connectivity index (χ2v) is 4.92. The highest BCUT2D eigenvalue weighted by Gasteiger charge is 2.26. The normalized spacial score (nSPS) is 25.8. The first-order chi connectivity index (χ1) is 7.72. The van der Waals surface area contributed by atoms with E-state index in [1.54, 1.807) is 0 Å². The number of anilines is 1. The Balaban J connectivity index is 2.21. The van der Waals surface area contributed by atoms with E-state index in [1.807, 2.05) is 12.4 Å². The molecule has 0 saturated carbocycles. The van der Waals surface area contributed by atoms with Crippen molar-refractivity contribution in [3.8, 4) is 0 Å². The molecule has 2 atom stereocenters. The molecule has 0 aromatic carbocycles. The van der Waals surface area contributed by atoms with Gasteiger partial charge in [0.1, 0.15) is 0 Å². The predicted octanol–water partition coefficient (Wildman–Crippen LogP) is 2.38. The van der Waals surface area contributed by atoms with E-state index in [-0.39, 0.29) is 6.10 Å². The predicted molar refractivity (Wildman–Crippen MR) is 69.3 cm³/mol. The van der Waals surface area contributed by atoms with Gasteiger partial charge in [0, 0.05) is 36.0 Å². The fourth-order valence-corrected chi connectivity index (χ4v) is 2.43. The van der Waals surface area contributed by atoms with E-state index in [0.29, 0.717) is 6.04 Å². The third-order valence-electron chi connectivity index (χ3n) is 2.98. The lowest BCUT2D eigenvalue weighted by Crippen LogP contribution is -2.49. The number of aromatic nitrogens is 1. The zero-order valence-corrected chi connectivity index (χ0v) is 11.3. The smallest absolute Gasteiger partial charge is 0.0847 e. The van der Waals surface area contributed by atoms with E-state index in [4.69, 9.17) is 4.74 Å². The summed E-state index contributed by atoms with van der Waals surface area (Å²) in [5, 5.41) is 0.889. The molecule has 1 aromatic rings. The first kappa shape index (κ1) is 11.9. The molecule has 0 N–H and O–H groups in total. The molecule has 2 heterocycles. The lowest BCUT2D eigenvalue weighted by Gasteiger charge is -2.39. The number of hydrogen-bond donors (Lipinski definition) is 0. The topological polar surface area (TPSA) is 25.4 Å². The Kier molecular flexibility index (Phi) is 3.82. The standard InChI is InChI=1S/C12H17BrN2O/c1-9-6-14-4-3-12(9)15-7-11(5-13)16-8-10(15)2/h3-4,6,10-11H,5,7-8H2,1-2H3. The molecule has 2 unspecified atom stereocenters. The van der Waals surface area contributed by atoms with Gasteiger partial charge < -0.3 is 9.64 Å². The molecular weight excluding hydrogens is 268 g/mol. The van der Waals surface area contributed by atoms with Gasteiger partial charge in [0.25, 0.3) is 0 Å². The fraction of sp³-hybridized carbons (Fsp3) is 0.583. The van der Waals surface area contributed by atoms with Gasteiger partial charge in [0.05, 0.1) is 12.7 Å². The molecule has 0 bridgehead atoms. The Hall–Kier alpha value is -0.610. The van der Waals surface area contributed by atoms with Gasteiger partial charge in [-0.05, 0) is 25.5 Å². The maximum Gasteiger partial charge on any atom is 0.0847 e. The van der Waals surface area contributed by atoms with E-state index in [9.17, 15) is 0 Å². The molecule has 3 nitrogen and oxygen atoms in total. The summed E-state index contributed by atoms with van der Waals surface area (Å²) in [5.74, 6) is 0. The minimum absolute atomic E-state index is 0.281. The number of morpholine rings is 1. The number of alkyl halides is 1. The van der Waals surface area contributed by atoms with Crippen LogP contribution in [-0.2, 0) is 4.74 Å². The molecule has 0 radical (unpaired) electrons. The molecule has 1 aliphatic rings. The Bertz CT molecular complexity index is 359. The first-order valence-electron chi connectivity index (χ1n) is 5.57. The van der Waals surface area contributed by atoms with Crippen LogP contribution in [0.25, 0.3) is 0 Å². The molecule has 4 heteroatoms. The van der Waals surface area contributed by atoms with Gasteiger partial charge >= 0.3 is 0 Å². The molecule has 16 heavy (non-hydrogen) atoms. The van der Waals surface area contributed by atoms with Crippen molar-refractivity contribution < 1.29 is 4.74 Å². The van der Waals surface area contributed by atoms with Crippen LogP contribution in [0.5, 0.6) is 0 Å². The summed E-state index contributed by atoms with van der Waals surface area (Å²) in [4.78, 5) is 6.55. The summed E-state index contributed by atoms with van der Waals surface area (Å²) in [6.07, 6.45) is 4.05. The van der Waals surface area contributed by atoms with Gasteiger partial charge in [-0.3, -0.25) is 4.98 Å². The Morgan fingerprint density at radius 2 is 2.44 bits per heavy atom. The van der Waals surface area contributed by atoms with Crippen LogP contribution in [0.2, 0.25) is 0 Å². The summed E-state index contributed by atoms with van der Waals surface area (Å²) in [6, 6.07) is 2.51. The molecule has 0 spiro atoms. The van der Waals surface area contributed by atoms with Crippen LogP contribution in [-0.4, -0.2) is 35.6 Å². The van der Waals surface area contributed by atoms with Crippen LogP contribution >= 0.6 is 15.9 Å². The molecule has 1 aromatic heterocycles. The largest absolute Gasteiger partial charge is 0.373 e. The third kappa shape index (κ3) is 2.38. The number of aryl methyl sites for hydroxylation is 1. The van der Waals surface area contributed by atoms with Gasteiger partial charge in [-0.25, -0.2) is 0 Å². The van der Waals surface area contributed by atoms with Crippen LogP contribution in [0.15, 0.2) is 18.5 Å². The average molecular weight is 285 g/mol. The quantitative estimate of drug-likeness (QED) is 0.780. The monoisotopic (exact) mass is 284 g/mol. The van der Waals surface area contributed by atoms with Crippen LogP contribution in [0.1, 0.15) is 12.5 Å². The zero-order chi connectivity index (χ0) is 11.5. The highest BCUT2D eigenvalue weighted by Crippen LogP contribution is 2.24. The minimum Gasteiger partial charge on any atom is -0.373 e. The zero-order valence-electron chi connectivity index (χ0n) is 9.69. The number of rotatable bonds is 2. The molecule has 0 aliphatic carbocycles. The van der Waals surface area contributed by atoms with E-state index < -0.39 is 0 Å². The Morgan fingerprint density at radius 1 is 1.62 bits per heavy atom. The second-order valence-electron chi connectivity index (χ2n) is 4.27. The van der Waals surface area contributed by atoms with Crippen molar-refractivity contribution in [2.75, 3.05) is 23.4 Å². The summed E-state index contributed by atoms with van der Waals surface area (Å²) in [7, 11) is 0. The number of ether oxygens (including phenoxy) is 1. The van der Waals surface area contributed by atoms with Crippen molar-refractivity contribution in [1.29, 1.82) is 0 Å². The van der Waals surface area contributed by atoms with Crippen molar-refractivity contribution >= 4 is 21.6 Å². The van der Waals surface area contributed by atoms with Crippen molar-refractivity contribution in [2.45, 2.75) is 26.0 Å². The lowest BCUT2D eigenvalue weighted by atomic mass is 10.1. The highest BCUT2D eigenvalue weighted by molar-refractivity contribution is 9.09. The maximum atomic E-state index is 5.73. The first-order valence-corrected chi connectivity index (χ1v) is 6.69. The summed E-state index contributed by atoms with van der Waals surface area (Å²) in [5.41, 5.74) is 2.50. The molecular formula is C12H17BrN2O. The summed E-state index contributed by atoms with van der Waals surface area (Å²) in [6.45, 7) is 6.03. The highest BCUT2D eigenvalue weighted by atomic mass is 79.9. The maximum absolute atomic E-state index is 5.73. The van der Waals surface area contributed by atoms with Gasteiger partial charge in [-0.2, -0.15) is 0 Å². The van der Waals surface area contributed by atoms with Crippen molar-refractivity contribution in [2.24, 2.45) is 0 Å². The van der Waals surface area contributed by atoms with Crippen LogP contribution in [0, 0.1) is 6.92 Å².